The van der Waals surface area contributed by atoms with Gasteiger partial charge in [-0.15, -0.1) is 0 Å². The number of hydrogen-bond acceptors (Lipinski definition) is 4. The lowest BCUT2D eigenvalue weighted by Gasteiger charge is -2.05. The fourth-order valence-electron chi connectivity index (χ4n) is 1.70. The summed E-state index contributed by atoms with van der Waals surface area (Å²) in [6.07, 6.45) is 4.36. The Bertz CT molecular complexity index is 825. The predicted octanol–water partition coefficient (Wildman–Crippen LogP) is 1.51. The third-order valence-corrected chi connectivity index (χ3v) is 4.23. The highest BCUT2D eigenvalue weighted by atomic mass is 35.5. The zero-order valence-electron chi connectivity index (χ0n) is 9.41. The van der Waals surface area contributed by atoms with Crippen LogP contribution in [0.15, 0.2) is 41.8 Å². The van der Waals surface area contributed by atoms with E-state index in [1.54, 1.807) is 24.4 Å². The number of aromatic amines is 1. The minimum atomic E-state index is -3.84. The first-order valence-corrected chi connectivity index (χ1v) is 7.08. The molecule has 0 fully saturated rings. The van der Waals surface area contributed by atoms with Gasteiger partial charge in [0.15, 0.2) is 10.2 Å². The SMILES string of the molecule is O=S(=O)(Nc1cn[nH]c1)c1c(Cl)nc2ccccn12. The Morgan fingerprint density at radius 1 is 1.37 bits per heavy atom. The lowest BCUT2D eigenvalue weighted by Crippen LogP contribution is -2.15. The van der Waals surface area contributed by atoms with Gasteiger partial charge in [0.2, 0.25) is 0 Å². The molecule has 3 heterocycles. The molecule has 0 unspecified atom stereocenters. The van der Waals surface area contributed by atoms with Crippen LogP contribution in [0.25, 0.3) is 5.65 Å². The van der Waals surface area contributed by atoms with Gasteiger partial charge >= 0.3 is 0 Å². The molecule has 0 radical (unpaired) electrons. The first-order valence-electron chi connectivity index (χ1n) is 5.22. The molecular formula is C10H8ClN5O2S. The van der Waals surface area contributed by atoms with Crippen molar-refractivity contribution < 1.29 is 8.42 Å². The quantitative estimate of drug-likeness (QED) is 0.766. The third kappa shape index (κ3) is 2.04. The van der Waals surface area contributed by atoms with Crippen LogP contribution >= 0.6 is 11.6 Å². The van der Waals surface area contributed by atoms with Gasteiger partial charge in [0.1, 0.15) is 5.65 Å². The molecule has 0 saturated carbocycles. The highest BCUT2D eigenvalue weighted by Gasteiger charge is 2.24. The van der Waals surface area contributed by atoms with E-state index in [1.165, 1.54) is 16.8 Å². The molecule has 0 aromatic carbocycles. The van der Waals surface area contributed by atoms with Crippen LogP contribution in [-0.2, 0) is 10.0 Å². The van der Waals surface area contributed by atoms with Crippen LogP contribution in [0.1, 0.15) is 0 Å². The molecule has 0 saturated heterocycles. The summed E-state index contributed by atoms with van der Waals surface area (Å²) in [6.45, 7) is 0. The van der Waals surface area contributed by atoms with Gasteiger partial charge in [-0.25, -0.2) is 4.98 Å². The number of hydrogen-bond donors (Lipinski definition) is 2. The maximum Gasteiger partial charge on any atom is 0.281 e. The van der Waals surface area contributed by atoms with Gasteiger partial charge in [-0.2, -0.15) is 13.5 Å². The maximum atomic E-state index is 12.3. The van der Waals surface area contributed by atoms with Crippen molar-refractivity contribution in [1.29, 1.82) is 0 Å². The normalized spacial score (nSPS) is 11.8. The van der Waals surface area contributed by atoms with E-state index in [0.29, 0.717) is 11.3 Å². The van der Waals surface area contributed by atoms with Gasteiger partial charge < -0.3 is 0 Å². The number of fused-ring (bicyclic) bond motifs is 1. The Morgan fingerprint density at radius 3 is 2.95 bits per heavy atom. The molecule has 2 N–H and O–H groups in total. The molecule has 0 bridgehead atoms. The van der Waals surface area contributed by atoms with E-state index in [1.807, 2.05) is 0 Å². The number of pyridine rings is 1. The van der Waals surface area contributed by atoms with Crippen molar-refractivity contribution in [3.8, 4) is 0 Å². The highest BCUT2D eigenvalue weighted by Crippen LogP contribution is 2.24. The first kappa shape index (κ1) is 12.0. The number of halogens is 1. The van der Waals surface area contributed by atoms with Gasteiger partial charge in [0, 0.05) is 12.4 Å². The van der Waals surface area contributed by atoms with Crippen LogP contribution in [0.3, 0.4) is 0 Å². The number of nitrogens with one attached hydrogen (secondary N) is 2. The van der Waals surface area contributed by atoms with E-state index in [2.05, 4.69) is 19.9 Å². The average molecular weight is 298 g/mol. The van der Waals surface area contributed by atoms with Crippen molar-refractivity contribution >= 4 is 33.0 Å². The monoisotopic (exact) mass is 297 g/mol. The van der Waals surface area contributed by atoms with E-state index in [0.717, 1.165) is 0 Å². The summed E-state index contributed by atoms with van der Waals surface area (Å²) in [6, 6.07) is 5.11. The van der Waals surface area contributed by atoms with Crippen molar-refractivity contribution in [1.82, 2.24) is 19.6 Å². The number of imidazole rings is 1. The minimum Gasteiger partial charge on any atom is -0.288 e. The topological polar surface area (TPSA) is 92.1 Å². The third-order valence-electron chi connectivity index (χ3n) is 2.45. The van der Waals surface area contributed by atoms with Crippen LogP contribution in [-0.4, -0.2) is 28.0 Å². The van der Waals surface area contributed by atoms with Crippen LogP contribution in [0, 0.1) is 0 Å². The Morgan fingerprint density at radius 2 is 2.21 bits per heavy atom. The Labute approximate surface area is 113 Å². The lowest BCUT2D eigenvalue weighted by molar-refractivity contribution is 0.596. The summed E-state index contributed by atoms with van der Waals surface area (Å²) in [4.78, 5) is 3.99. The molecule has 3 aromatic rings. The van der Waals surface area contributed by atoms with E-state index in [4.69, 9.17) is 11.6 Å². The van der Waals surface area contributed by atoms with Crippen LogP contribution < -0.4 is 4.72 Å². The summed E-state index contributed by atoms with van der Waals surface area (Å²) in [7, 11) is -3.84. The molecule has 7 nitrogen and oxygen atoms in total. The Hall–Kier alpha value is -2.06. The molecule has 0 spiro atoms. The maximum absolute atomic E-state index is 12.3. The molecule has 3 rings (SSSR count). The number of anilines is 1. The molecule has 3 aromatic heterocycles. The van der Waals surface area contributed by atoms with E-state index in [9.17, 15) is 8.42 Å². The molecule has 0 aliphatic heterocycles. The fraction of sp³-hybridized carbons (Fsp3) is 0. The second kappa shape index (κ2) is 4.25. The van der Waals surface area contributed by atoms with Gasteiger partial charge in [0.25, 0.3) is 10.0 Å². The van der Waals surface area contributed by atoms with Crippen molar-refractivity contribution in [2.24, 2.45) is 0 Å². The molecule has 0 amide bonds. The summed E-state index contributed by atoms with van der Waals surface area (Å²) in [5, 5.41) is 6.00. The lowest BCUT2D eigenvalue weighted by atomic mass is 10.5. The van der Waals surface area contributed by atoms with Gasteiger partial charge in [-0.3, -0.25) is 14.2 Å². The zero-order valence-corrected chi connectivity index (χ0v) is 11.0. The number of H-pyrrole nitrogens is 1. The van der Waals surface area contributed by atoms with Crippen LogP contribution in [0.5, 0.6) is 0 Å². The average Bonchev–Trinajstić information content (AvgIpc) is 2.94. The van der Waals surface area contributed by atoms with Crippen molar-refractivity contribution in [2.75, 3.05) is 4.72 Å². The van der Waals surface area contributed by atoms with E-state index >= 15 is 0 Å². The van der Waals surface area contributed by atoms with Gasteiger partial charge in [-0.05, 0) is 12.1 Å². The number of rotatable bonds is 3. The molecule has 9 heteroatoms. The number of sulfonamides is 1. The van der Waals surface area contributed by atoms with Gasteiger partial charge in [0.05, 0.1) is 11.9 Å². The fourth-order valence-corrected chi connectivity index (χ4v) is 3.38. The standard InChI is InChI=1S/C10H8ClN5O2S/c11-9-10(16-4-2-1-3-8(16)14-9)19(17,18)15-7-5-12-13-6-7/h1-6,15H,(H,12,13). The molecule has 19 heavy (non-hydrogen) atoms. The molecule has 0 aliphatic rings. The summed E-state index contributed by atoms with van der Waals surface area (Å²) in [5.74, 6) is 0. The molecule has 0 aliphatic carbocycles. The molecule has 98 valence electrons. The van der Waals surface area contributed by atoms with Crippen molar-refractivity contribution in [3.05, 3.63) is 41.9 Å². The zero-order chi connectivity index (χ0) is 13.5. The van der Waals surface area contributed by atoms with Crippen molar-refractivity contribution in [3.63, 3.8) is 0 Å². The number of aromatic nitrogens is 4. The van der Waals surface area contributed by atoms with Crippen LogP contribution in [0.2, 0.25) is 5.15 Å². The number of nitrogens with zero attached hydrogens (tertiary/aromatic N) is 3. The largest absolute Gasteiger partial charge is 0.288 e. The van der Waals surface area contributed by atoms with E-state index in [-0.39, 0.29) is 10.2 Å². The molecular weight excluding hydrogens is 290 g/mol. The minimum absolute atomic E-state index is 0.0813. The van der Waals surface area contributed by atoms with Crippen molar-refractivity contribution in [2.45, 2.75) is 5.03 Å². The van der Waals surface area contributed by atoms with Crippen LogP contribution in [0.4, 0.5) is 5.69 Å². The highest BCUT2D eigenvalue weighted by molar-refractivity contribution is 7.92. The summed E-state index contributed by atoms with van der Waals surface area (Å²) >= 11 is 5.92. The van der Waals surface area contributed by atoms with Gasteiger partial charge in [-0.1, -0.05) is 17.7 Å². The first-order chi connectivity index (χ1) is 9.08. The second-order valence-corrected chi connectivity index (χ2v) is 5.68. The molecule has 0 atom stereocenters. The predicted molar refractivity (Wildman–Crippen MR) is 69.6 cm³/mol. The summed E-state index contributed by atoms with van der Waals surface area (Å²) in [5.41, 5.74) is 0.780. The summed E-state index contributed by atoms with van der Waals surface area (Å²) < 4.78 is 28.4. The Balaban J connectivity index is 2.15. The smallest absolute Gasteiger partial charge is 0.281 e. The second-order valence-electron chi connectivity index (χ2n) is 3.73. The Kier molecular flexibility index (Phi) is 2.68. The van der Waals surface area contributed by atoms with E-state index < -0.39 is 10.0 Å².